The molecule has 0 aliphatic carbocycles. The molecule has 0 bridgehead atoms. The Morgan fingerprint density at radius 1 is 0.875 bits per heavy atom. The van der Waals surface area contributed by atoms with Crippen molar-refractivity contribution in [2.24, 2.45) is 22.7 Å². The maximum Gasteiger partial charge on any atom is 0.00874 e. The lowest BCUT2D eigenvalue weighted by Gasteiger charge is -2.38. The Morgan fingerprint density at radius 3 is 1.62 bits per heavy atom. The molecule has 1 N–H and O–H groups in total. The Balaban J connectivity index is 4.29. The maximum absolute atomic E-state index is 3.70. The average molecular weight is 227 g/mol. The summed E-state index contributed by atoms with van der Waals surface area (Å²) in [6, 6.07) is 0.561. The van der Waals surface area contributed by atoms with Crippen molar-refractivity contribution in [3.8, 4) is 0 Å². The van der Waals surface area contributed by atoms with Crippen LogP contribution in [0.15, 0.2) is 0 Å². The van der Waals surface area contributed by atoms with Gasteiger partial charge in [-0.05, 0) is 29.6 Å². The van der Waals surface area contributed by atoms with Crippen LogP contribution in [0.3, 0.4) is 0 Å². The van der Waals surface area contributed by atoms with Crippen LogP contribution in [0.5, 0.6) is 0 Å². The summed E-state index contributed by atoms with van der Waals surface area (Å²) in [4.78, 5) is 0. The molecular weight excluding hydrogens is 194 g/mol. The van der Waals surface area contributed by atoms with Gasteiger partial charge in [0, 0.05) is 12.6 Å². The first-order chi connectivity index (χ1) is 6.98. The molecule has 0 aromatic rings. The van der Waals surface area contributed by atoms with E-state index in [1.807, 2.05) is 0 Å². The molecule has 0 aromatic carbocycles. The number of hydrogen-bond acceptors (Lipinski definition) is 1. The molecule has 1 nitrogen and oxygen atoms in total. The molecule has 0 aliphatic heterocycles. The molecule has 0 amide bonds. The summed E-state index contributed by atoms with van der Waals surface area (Å²) in [7, 11) is 0. The van der Waals surface area contributed by atoms with Crippen LogP contribution in [0.2, 0.25) is 0 Å². The van der Waals surface area contributed by atoms with Crippen LogP contribution in [0.25, 0.3) is 0 Å². The first-order valence-electron chi connectivity index (χ1n) is 6.72. The Bertz CT molecular complexity index is 198. The molecule has 2 atom stereocenters. The van der Waals surface area contributed by atoms with Gasteiger partial charge in [-0.15, -0.1) is 0 Å². The second kappa shape index (κ2) is 5.53. The lowest BCUT2D eigenvalue weighted by Crippen LogP contribution is -2.45. The van der Waals surface area contributed by atoms with Crippen LogP contribution in [0.1, 0.15) is 62.3 Å². The smallest absolute Gasteiger partial charge is 0.00874 e. The van der Waals surface area contributed by atoms with E-state index in [-0.39, 0.29) is 0 Å². The van der Waals surface area contributed by atoms with E-state index < -0.39 is 0 Å². The van der Waals surface area contributed by atoms with Crippen LogP contribution in [-0.2, 0) is 0 Å². The van der Waals surface area contributed by atoms with Crippen LogP contribution >= 0.6 is 0 Å². The minimum atomic E-state index is 0.344. The van der Waals surface area contributed by atoms with Crippen molar-refractivity contribution in [3.63, 3.8) is 0 Å². The summed E-state index contributed by atoms with van der Waals surface area (Å²) in [5, 5.41) is 3.70. The van der Waals surface area contributed by atoms with E-state index in [0.29, 0.717) is 16.9 Å². The van der Waals surface area contributed by atoms with E-state index in [2.05, 4.69) is 67.6 Å². The first kappa shape index (κ1) is 16.0. The van der Waals surface area contributed by atoms with Crippen LogP contribution in [0.4, 0.5) is 0 Å². The Kier molecular flexibility index (Phi) is 5.52. The Hall–Kier alpha value is -0.0400. The molecule has 16 heavy (non-hydrogen) atoms. The second-order valence-electron chi connectivity index (χ2n) is 7.49. The highest BCUT2D eigenvalue weighted by atomic mass is 14.9. The molecule has 98 valence electrons. The maximum atomic E-state index is 3.70. The zero-order chi connectivity index (χ0) is 13.1. The van der Waals surface area contributed by atoms with Gasteiger partial charge in [0.25, 0.3) is 0 Å². The fourth-order valence-corrected chi connectivity index (χ4v) is 1.79. The highest BCUT2D eigenvalue weighted by Gasteiger charge is 2.29. The molecule has 0 rings (SSSR count). The van der Waals surface area contributed by atoms with Gasteiger partial charge in [-0.2, -0.15) is 0 Å². The van der Waals surface area contributed by atoms with Crippen molar-refractivity contribution in [3.05, 3.63) is 0 Å². The van der Waals surface area contributed by atoms with Crippen molar-refractivity contribution in [2.75, 3.05) is 6.54 Å². The van der Waals surface area contributed by atoms with Gasteiger partial charge >= 0.3 is 0 Å². The van der Waals surface area contributed by atoms with E-state index in [9.17, 15) is 0 Å². The summed E-state index contributed by atoms with van der Waals surface area (Å²) in [5.74, 6) is 1.49. The lowest BCUT2D eigenvalue weighted by molar-refractivity contribution is 0.151. The highest BCUT2D eigenvalue weighted by molar-refractivity contribution is 4.83. The second-order valence-corrected chi connectivity index (χ2v) is 7.49. The molecule has 0 saturated heterocycles. The van der Waals surface area contributed by atoms with E-state index in [1.165, 1.54) is 0 Å². The van der Waals surface area contributed by atoms with Gasteiger partial charge in [-0.25, -0.2) is 0 Å². The molecule has 0 radical (unpaired) electrons. The third-order valence-corrected chi connectivity index (χ3v) is 4.40. The van der Waals surface area contributed by atoms with E-state index in [1.54, 1.807) is 0 Å². The Labute approximate surface area is 103 Å². The van der Waals surface area contributed by atoms with Crippen LogP contribution in [-0.4, -0.2) is 12.6 Å². The van der Waals surface area contributed by atoms with E-state index in [4.69, 9.17) is 0 Å². The fourth-order valence-electron chi connectivity index (χ4n) is 1.79. The molecular formula is C15H33N. The van der Waals surface area contributed by atoms with Gasteiger partial charge < -0.3 is 5.32 Å². The first-order valence-corrected chi connectivity index (χ1v) is 6.72. The molecule has 0 aromatic heterocycles. The zero-order valence-corrected chi connectivity index (χ0v) is 12.9. The van der Waals surface area contributed by atoms with Crippen molar-refractivity contribution in [1.82, 2.24) is 5.32 Å². The van der Waals surface area contributed by atoms with Crippen LogP contribution in [0, 0.1) is 22.7 Å². The average Bonchev–Trinajstić information content (AvgIpc) is 2.11. The minimum absolute atomic E-state index is 0.344. The van der Waals surface area contributed by atoms with Gasteiger partial charge in [-0.3, -0.25) is 0 Å². The third-order valence-electron chi connectivity index (χ3n) is 4.40. The van der Waals surface area contributed by atoms with Crippen molar-refractivity contribution in [1.29, 1.82) is 0 Å². The zero-order valence-electron chi connectivity index (χ0n) is 12.9. The normalized spacial score (nSPS) is 17.6. The number of rotatable bonds is 5. The molecule has 2 unspecified atom stereocenters. The fraction of sp³-hybridized carbons (Fsp3) is 1.00. The van der Waals surface area contributed by atoms with Gasteiger partial charge in [-0.1, -0.05) is 55.4 Å². The molecule has 0 spiro atoms. The van der Waals surface area contributed by atoms with Crippen LogP contribution < -0.4 is 5.32 Å². The quantitative estimate of drug-likeness (QED) is 0.737. The van der Waals surface area contributed by atoms with Gasteiger partial charge in [0.05, 0.1) is 0 Å². The van der Waals surface area contributed by atoms with Crippen molar-refractivity contribution < 1.29 is 0 Å². The van der Waals surface area contributed by atoms with Gasteiger partial charge in [0.15, 0.2) is 0 Å². The van der Waals surface area contributed by atoms with Crippen molar-refractivity contribution >= 4 is 0 Å². The standard InChI is InChI=1S/C15H33N/c1-11(2)12(3)15(8,9)10-16-13(4)14(5,6)7/h11-13,16H,10H2,1-9H3. The van der Waals surface area contributed by atoms with E-state index in [0.717, 1.165) is 18.4 Å². The summed E-state index contributed by atoms with van der Waals surface area (Å²) in [6.07, 6.45) is 0. The molecule has 0 heterocycles. The predicted molar refractivity (Wildman–Crippen MR) is 74.7 cm³/mol. The summed E-state index contributed by atoms with van der Waals surface area (Å²) in [6.45, 7) is 22.0. The number of nitrogens with one attached hydrogen (secondary N) is 1. The monoisotopic (exact) mass is 227 g/mol. The molecule has 1 heteroatoms. The molecule has 0 fully saturated rings. The Morgan fingerprint density at radius 2 is 1.31 bits per heavy atom. The third kappa shape index (κ3) is 4.86. The van der Waals surface area contributed by atoms with Gasteiger partial charge in [0.1, 0.15) is 0 Å². The highest BCUT2D eigenvalue weighted by Crippen LogP contribution is 2.32. The molecule has 0 saturated carbocycles. The summed E-state index contributed by atoms with van der Waals surface area (Å²) in [5.41, 5.74) is 0.713. The van der Waals surface area contributed by atoms with Crippen molar-refractivity contribution in [2.45, 2.75) is 68.4 Å². The summed E-state index contributed by atoms with van der Waals surface area (Å²) < 4.78 is 0. The minimum Gasteiger partial charge on any atom is -0.313 e. The summed E-state index contributed by atoms with van der Waals surface area (Å²) >= 11 is 0. The predicted octanol–water partition coefficient (Wildman–Crippen LogP) is 4.33. The SMILES string of the molecule is CC(C)C(C)C(C)(C)CNC(C)C(C)(C)C. The lowest BCUT2D eigenvalue weighted by atomic mass is 9.73. The topological polar surface area (TPSA) is 12.0 Å². The largest absolute Gasteiger partial charge is 0.313 e. The van der Waals surface area contributed by atoms with Gasteiger partial charge in [0.2, 0.25) is 0 Å². The molecule has 0 aliphatic rings. The van der Waals surface area contributed by atoms with E-state index >= 15 is 0 Å². The number of hydrogen-bond donors (Lipinski definition) is 1.